The lowest BCUT2D eigenvalue weighted by Gasteiger charge is -2.35. The second-order valence-corrected chi connectivity index (χ2v) is 9.42. The number of halogens is 1. The highest BCUT2D eigenvalue weighted by Crippen LogP contribution is 2.40. The minimum Gasteiger partial charge on any atom is -0.444 e. The molecule has 1 heterocycles. The summed E-state index contributed by atoms with van der Waals surface area (Å²) in [6.07, 6.45) is 8.05. The minimum atomic E-state index is -0.448. The van der Waals surface area contributed by atoms with Crippen molar-refractivity contribution in [1.29, 1.82) is 0 Å². The summed E-state index contributed by atoms with van der Waals surface area (Å²) in [5, 5.41) is 3.59. The number of hydrogen-bond donors (Lipinski definition) is 1. The van der Waals surface area contributed by atoms with Crippen LogP contribution in [0, 0.1) is 5.92 Å². The van der Waals surface area contributed by atoms with Crippen molar-refractivity contribution in [2.75, 3.05) is 13.1 Å². The van der Waals surface area contributed by atoms with Crippen molar-refractivity contribution >= 4 is 24.6 Å². The molecule has 0 bridgehead atoms. The van der Waals surface area contributed by atoms with Crippen LogP contribution >= 0.6 is 12.4 Å². The summed E-state index contributed by atoms with van der Waals surface area (Å²) >= 11 is 0. The van der Waals surface area contributed by atoms with E-state index in [-0.39, 0.29) is 24.5 Å². The molecule has 1 aliphatic carbocycles. The first kappa shape index (κ1) is 23.8. The van der Waals surface area contributed by atoms with Gasteiger partial charge in [-0.2, -0.15) is 0 Å². The van der Waals surface area contributed by atoms with Crippen LogP contribution in [0.25, 0.3) is 6.08 Å². The van der Waals surface area contributed by atoms with Gasteiger partial charge in [-0.1, -0.05) is 54.8 Å². The van der Waals surface area contributed by atoms with Gasteiger partial charge >= 0.3 is 6.09 Å². The molecule has 0 aromatic heterocycles. The maximum atomic E-state index is 12.9. The van der Waals surface area contributed by atoms with E-state index in [1.165, 1.54) is 30.4 Å². The van der Waals surface area contributed by atoms with Gasteiger partial charge in [-0.3, -0.25) is 0 Å². The number of amides is 1. The molecule has 4 nitrogen and oxygen atoms in total. The SMILES string of the molecule is C/C(=C\c1ccccc1)CNC[C@@H]1CC2CCCCC2N1C(=O)OC(C)(C)C.Cl. The van der Waals surface area contributed by atoms with Crippen molar-refractivity contribution in [3.63, 3.8) is 0 Å². The molecule has 3 rings (SSSR count). The van der Waals surface area contributed by atoms with Gasteiger partial charge in [-0.25, -0.2) is 4.79 Å². The number of fused-ring (bicyclic) bond motifs is 1. The molecule has 1 aliphatic heterocycles. The summed E-state index contributed by atoms with van der Waals surface area (Å²) in [5.74, 6) is 0.633. The van der Waals surface area contributed by atoms with E-state index in [0.29, 0.717) is 12.0 Å². The molecule has 2 aliphatic rings. The lowest BCUT2D eigenvalue weighted by atomic mass is 9.85. The van der Waals surface area contributed by atoms with Gasteiger partial charge in [-0.15, -0.1) is 12.4 Å². The van der Waals surface area contributed by atoms with Crippen molar-refractivity contribution in [2.24, 2.45) is 5.92 Å². The first-order chi connectivity index (χ1) is 13.3. The Morgan fingerprint density at radius 3 is 2.59 bits per heavy atom. The van der Waals surface area contributed by atoms with Gasteiger partial charge in [0.2, 0.25) is 0 Å². The largest absolute Gasteiger partial charge is 0.444 e. The van der Waals surface area contributed by atoms with Gasteiger partial charge in [0.1, 0.15) is 5.60 Å². The Bertz CT molecular complexity index is 684. The van der Waals surface area contributed by atoms with Gasteiger partial charge in [0.05, 0.1) is 0 Å². The molecule has 29 heavy (non-hydrogen) atoms. The van der Waals surface area contributed by atoms with Crippen LogP contribution in [0.2, 0.25) is 0 Å². The van der Waals surface area contributed by atoms with Crippen LogP contribution in [-0.4, -0.2) is 41.8 Å². The zero-order valence-corrected chi connectivity index (χ0v) is 19.1. The molecule has 1 amide bonds. The Morgan fingerprint density at radius 1 is 1.21 bits per heavy atom. The molecule has 1 aromatic carbocycles. The van der Waals surface area contributed by atoms with Crippen molar-refractivity contribution in [2.45, 2.75) is 77.5 Å². The summed E-state index contributed by atoms with van der Waals surface area (Å²) in [6.45, 7) is 9.66. The van der Waals surface area contributed by atoms with E-state index in [2.05, 4.69) is 47.5 Å². The van der Waals surface area contributed by atoms with Gasteiger partial charge in [0, 0.05) is 25.2 Å². The third-order valence-corrected chi connectivity index (χ3v) is 5.80. The average Bonchev–Trinajstić information content (AvgIpc) is 2.99. The van der Waals surface area contributed by atoms with Gasteiger partial charge in [0.15, 0.2) is 0 Å². The van der Waals surface area contributed by atoms with E-state index in [9.17, 15) is 4.79 Å². The summed E-state index contributed by atoms with van der Waals surface area (Å²) in [5.41, 5.74) is 2.08. The summed E-state index contributed by atoms with van der Waals surface area (Å²) < 4.78 is 5.76. The predicted octanol–water partition coefficient (Wildman–Crippen LogP) is 5.67. The quantitative estimate of drug-likeness (QED) is 0.667. The minimum absolute atomic E-state index is 0. The fourth-order valence-electron chi connectivity index (χ4n) is 4.66. The number of nitrogens with zero attached hydrogens (tertiary/aromatic N) is 1. The number of hydrogen-bond acceptors (Lipinski definition) is 3. The van der Waals surface area contributed by atoms with Gasteiger partial charge < -0.3 is 15.0 Å². The number of benzene rings is 1. The number of rotatable bonds is 5. The smallest absolute Gasteiger partial charge is 0.410 e. The third kappa shape index (κ3) is 6.75. The molecule has 0 radical (unpaired) electrons. The first-order valence-electron chi connectivity index (χ1n) is 10.8. The van der Waals surface area contributed by atoms with Crippen molar-refractivity contribution in [3.8, 4) is 0 Å². The summed E-state index contributed by atoms with van der Waals surface area (Å²) in [6, 6.07) is 11.0. The standard InChI is InChI=1S/C24H36N2O2.ClH/c1-18(14-19-10-6-5-7-11-19)16-25-17-21-15-20-12-8-9-13-22(20)26(21)23(27)28-24(2,3)4;/h5-7,10-11,14,20-22,25H,8-9,12-13,15-17H2,1-4H3;1H/b18-14+;/t20?,21-,22?;/m0./s1. The van der Waals surface area contributed by atoms with Crippen LogP contribution < -0.4 is 5.32 Å². The molecular formula is C24H37ClN2O2. The summed E-state index contributed by atoms with van der Waals surface area (Å²) in [4.78, 5) is 15.0. The van der Waals surface area contributed by atoms with Crippen molar-refractivity contribution in [3.05, 3.63) is 41.5 Å². The van der Waals surface area contributed by atoms with Crippen molar-refractivity contribution < 1.29 is 9.53 Å². The topological polar surface area (TPSA) is 41.6 Å². The highest BCUT2D eigenvalue weighted by atomic mass is 35.5. The summed E-state index contributed by atoms with van der Waals surface area (Å²) in [7, 11) is 0. The molecule has 0 spiro atoms. The predicted molar refractivity (Wildman–Crippen MR) is 122 cm³/mol. The molecular weight excluding hydrogens is 384 g/mol. The van der Waals surface area contributed by atoms with Crippen LogP contribution in [0.4, 0.5) is 4.79 Å². The van der Waals surface area contributed by atoms with Crippen LogP contribution in [0.3, 0.4) is 0 Å². The zero-order chi connectivity index (χ0) is 20.1. The monoisotopic (exact) mass is 420 g/mol. The Balaban J connectivity index is 0.00000300. The Labute approximate surface area is 182 Å². The molecule has 1 N–H and O–H groups in total. The zero-order valence-electron chi connectivity index (χ0n) is 18.3. The second kappa shape index (κ2) is 10.5. The molecule has 3 atom stereocenters. The lowest BCUT2D eigenvalue weighted by Crippen LogP contribution is -2.48. The first-order valence-corrected chi connectivity index (χ1v) is 10.8. The normalized spacial score (nSPS) is 24.6. The molecule has 2 fully saturated rings. The number of carbonyl (C=O) groups is 1. The maximum Gasteiger partial charge on any atom is 0.410 e. The van der Waals surface area contributed by atoms with E-state index in [4.69, 9.17) is 4.74 Å². The van der Waals surface area contributed by atoms with E-state index >= 15 is 0 Å². The van der Waals surface area contributed by atoms with E-state index in [1.54, 1.807) is 0 Å². The van der Waals surface area contributed by atoms with Gasteiger partial charge in [0.25, 0.3) is 0 Å². The number of likely N-dealkylation sites (tertiary alicyclic amines) is 1. The molecule has 162 valence electrons. The number of nitrogens with one attached hydrogen (secondary N) is 1. The van der Waals surface area contributed by atoms with E-state index < -0.39 is 5.60 Å². The molecule has 1 aromatic rings. The Morgan fingerprint density at radius 2 is 1.90 bits per heavy atom. The van der Waals surface area contributed by atoms with Crippen LogP contribution in [0.5, 0.6) is 0 Å². The fraction of sp³-hybridized carbons (Fsp3) is 0.625. The van der Waals surface area contributed by atoms with E-state index in [0.717, 1.165) is 25.9 Å². The number of ether oxygens (including phenoxy) is 1. The lowest BCUT2D eigenvalue weighted by molar-refractivity contribution is 0.0105. The average molecular weight is 421 g/mol. The maximum absolute atomic E-state index is 12.9. The Kier molecular flexibility index (Phi) is 8.59. The van der Waals surface area contributed by atoms with E-state index in [1.807, 2.05) is 26.8 Å². The molecule has 2 unspecified atom stereocenters. The Hall–Kier alpha value is -1.52. The van der Waals surface area contributed by atoms with Crippen molar-refractivity contribution in [1.82, 2.24) is 10.2 Å². The highest BCUT2D eigenvalue weighted by Gasteiger charge is 2.45. The highest BCUT2D eigenvalue weighted by molar-refractivity contribution is 5.85. The number of carbonyl (C=O) groups excluding carboxylic acids is 1. The second-order valence-electron chi connectivity index (χ2n) is 9.42. The fourth-order valence-corrected chi connectivity index (χ4v) is 4.66. The molecule has 1 saturated heterocycles. The van der Waals surface area contributed by atoms with Crippen LogP contribution in [0.1, 0.15) is 65.4 Å². The molecule has 1 saturated carbocycles. The molecule has 5 heteroatoms. The van der Waals surface area contributed by atoms with Crippen LogP contribution in [0.15, 0.2) is 35.9 Å². The third-order valence-electron chi connectivity index (χ3n) is 5.80. The van der Waals surface area contributed by atoms with Gasteiger partial charge in [-0.05, 0) is 58.4 Å². The van der Waals surface area contributed by atoms with Crippen LogP contribution in [-0.2, 0) is 4.74 Å².